The number of amides is 2. The first-order chi connectivity index (χ1) is 14.2. The maximum atomic E-state index is 13.1. The van der Waals surface area contributed by atoms with Crippen LogP contribution in [0.4, 0.5) is 0 Å². The van der Waals surface area contributed by atoms with E-state index in [0.717, 1.165) is 50.6 Å². The Kier molecular flexibility index (Phi) is 6.49. The molecule has 0 saturated carbocycles. The lowest BCUT2D eigenvalue weighted by Gasteiger charge is -2.27. The number of imide groups is 1. The summed E-state index contributed by atoms with van der Waals surface area (Å²) < 4.78 is 10.8. The minimum absolute atomic E-state index is 0.201. The van der Waals surface area contributed by atoms with Crippen molar-refractivity contribution in [2.45, 2.75) is 12.2 Å². The summed E-state index contributed by atoms with van der Waals surface area (Å²) in [6.45, 7) is 4.58. The highest BCUT2D eigenvalue weighted by atomic mass is 32.2. The Morgan fingerprint density at radius 3 is 2.45 bits per heavy atom. The molecule has 0 spiro atoms. The molecular weight excluding hydrogens is 388 g/mol. The molecule has 3 heterocycles. The summed E-state index contributed by atoms with van der Waals surface area (Å²) in [6.07, 6.45) is 2.37. The van der Waals surface area contributed by atoms with E-state index in [1.54, 1.807) is 6.26 Å². The first-order valence-corrected chi connectivity index (χ1v) is 10.8. The zero-order valence-electron chi connectivity index (χ0n) is 16.2. The van der Waals surface area contributed by atoms with Gasteiger partial charge in [-0.1, -0.05) is 30.3 Å². The monoisotopic (exact) mass is 412 g/mol. The second-order valence-electron chi connectivity index (χ2n) is 7.01. The quantitative estimate of drug-likeness (QED) is 0.621. The molecular formula is C22H24N2O4S. The van der Waals surface area contributed by atoms with Crippen molar-refractivity contribution in [3.8, 4) is 0 Å². The van der Waals surface area contributed by atoms with Crippen LogP contribution in [0, 0.1) is 0 Å². The van der Waals surface area contributed by atoms with Crippen LogP contribution < -0.4 is 0 Å². The van der Waals surface area contributed by atoms with Crippen LogP contribution in [0.3, 0.4) is 0 Å². The summed E-state index contributed by atoms with van der Waals surface area (Å²) in [5, 5.41) is 0. The van der Waals surface area contributed by atoms with Crippen LogP contribution in [0.1, 0.15) is 17.7 Å². The highest BCUT2D eigenvalue weighted by molar-refractivity contribution is 8.03. The second kappa shape index (κ2) is 9.43. The van der Waals surface area contributed by atoms with Gasteiger partial charge < -0.3 is 9.15 Å². The van der Waals surface area contributed by atoms with Crippen LogP contribution in [-0.4, -0.2) is 61.0 Å². The Balaban J connectivity index is 1.48. The molecule has 6 nitrogen and oxygen atoms in total. The van der Waals surface area contributed by atoms with Crippen LogP contribution in [0.15, 0.2) is 58.1 Å². The van der Waals surface area contributed by atoms with Gasteiger partial charge in [-0.2, -0.15) is 0 Å². The highest BCUT2D eigenvalue weighted by Crippen LogP contribution is 2.37. The molecule has 1 fully saturated rings. The number of hydrogen-bond donors (Lipinski definition) is 0. The van der Waals surface area contributed by atoms with Gasteiger partial charge in [0.15, 0.2) is 0 Å². The van der Waals surface area contributed by atoms with Gasteiger partial charge in [0.05, 0.1) is 35.7 Å². The third kappa shape index (κ3) is 4.63. The largest absolute Gasteiger partial charge is 0.468 e. The van der Waals surface area contributed by atoms with E-state index in [4.69, 9.17) is 9.15 Å². The fourth-order valence-electron chi connectivity index (χ4n) is 3.57. The second-order valence-corrected chi connectivity index (χ2v) is 7.99. The Hall–Kier alpha value is -2.35. The number of ether oxygens (including phenoxy) is 1. The van der Waals surface area contributed by atoms with Crippen LogP contribution >= 0.6 is 11.8 Å². The van der Waals surface area contributed by atoms with Gasteiger partial charge in [0.25, 0.3) is 11.8 Å². The Morgan fingerprint density at radius 1 is 0.931 bits per heavy atom. The number of morpholine rings is 1. The van der Waals surface area contributed by atoms with Crippen molar-refractivity contribution in [2.24, 2.45) is 0 Å². The van der Waals surface area contributed by atoms with Crippen LogP contribution in [-0.2, 0) is 20.1 Å². The molecule has 0 N–H and O–H groups in total. The Bertz CT molecular complexity index is 873. The fraction of sp³-hybridized carbons (Fsp3) is 0.364. The van der Waals surface area contributed by atoms with E-state index in [-0.39, 0.29) is 11.8 Å². The lowest BCUT2D eigenvalue weighted by Crippen LogP contribution is -2.39. The number of hydrogen-bond acceptors (Lipinski definition) is 6. The molecule has 1 aromatic heterocycles. The smallest absolute Gasteiger partial charge is 0.267 e. The molecule has 1 aromatic carbocycles. The Morgan fingerprint density at radius 2 is 1.72 bits per heavy atom. The molecule has 152 valence electrons. The predicted molar refractivity (Wildman–Crippen MR) is 112 cm³/mol. The minimum atomic E-state index is -0.204. The van der Waals surface area contributed by atoms with E-state index in [1.165, 1.54) is 16.7 Å². The normalized spacial score (nSPS) is 18.1. The van der Waals surface area contributed by atoms with Gasteiger partial charge in [-0.25, -0.2) is 0 Å². The number of carbonyl (C=O) groups is 2. The summed E-state index contributed by atoms with van der Waals surface area (Å²) in [5.41, 5.74) is 1.28. The molecule has 2 aliphatic heterocycles. The number of rotatable bonds is 8. The number of carbonyl (C=O) groups excluding carboxylic acids is 2. The van der Waals surface area contributed by atoms with Crippen molar-refractivity contribution >= 4 is 29.1 Å². The molecule has 0 atom stereocenters. The van der Waals surface area contributed by atoms with Crippen LogP contribution in [0.25, 0.3) is 5.57 Å². The van der Waals surface area contributed by atoms with Crippen molar-refractivity contribution in [2.75, 3.05) is 39.4 Å². The summed E-state index contributed by atoms with van der Waals surface area (Å²) >= 11 is 1.37. The number of benzene rings is 1. The molecule has 2 aromatic rings. The van der Waals surface area contributed by atoms with E-state index >= 15 is 0 Å². The SMILES string of the molecule is O=C1C(SCc2ccco2)=C(c2ccccc2)C(=O)N1CCCN1CCOCC1. The molecule has 0 unspecified atom stereocenters. The van der Waals surface area contributed by atoms with Crippen molar-refractivity contribution in [3.63, 3.8) is 0 Å². The fourth-order valence-corrected chi connectivity index (χ4v) is 4.60. The van der Waals surface area contributed by atoms with Crippen LogP contribution in [0.2, 0.25) is 0 Å². The summed E-state index contributed by atoms with van der Waals surface area (Å²) in [4.78, 5) is 30.5. The van der Waals surface area contributed by atoms with Crippen molar-refractivity contribution in [3.05, 3.63) is 65.0 Å². The van der Waals surface area contributed by atoms with E-state index in [1.807, 2.05) is 42.5 Å². The maximum absolute atomic E-state index is 13.1. The van der Waals surface area contributed by atoms with Gasteiger partial charge in [0.1, 0.15) is 5.76 Å². The maximum Gasteiger partial charge on any atom is 0.267 e. The third-order valence-corrected chi connectivity index (χ3v) is 6.18. The van der Waals surface area contributed by atoms with Gasteiger partial charge in [-0.3, -0.25) is 19.4 Å². The topological polar surface area (TPSA) is 63.0 Å². The summed E-state index contributed by atoms with van der Waals surface area (Å²) in [6, 6.07) is 13.1. The summed E-state index contributed by atoms with van der Waals surface area (Å²) in [5.74, 6) is 0.887. The van der Waals surface area contributed by atoms with E-state index in [0.29, 0.717) is 22.8 Å². The highest BCUT2D eigenvalue weighted by Gasteiger charge is 2.38. The lowest BCUT2D eigenvalue weighted by molar-refractivity contribution is -0.136. The average molecular weight is 413 g/mol. The molecule has 29 heavy (non-hydrogen) atoms. The molecule has 0 aliphatic carbocycles. The molecule has 7 heteroatoms. The number of nitrogens with zero attached hydrogens (tertiary/aromatic N) is 2. The molecule has 1 saturated heterocycles. The average Bonchev–Trinajstić information content (AvgIpc) is 3.35. The zero-order valence-corrected chi connectivity index (χ0v) is 17.0. The number of thioether (sulfide) groups is 1. The van der Waals surface area contributed by atoms with E-state index in [2.05, 4.69) is 4.90 Å². The molecule has 4 rings (SSSR count). The first kappa shape index (κ1) is 19.9. The molecule has 0 radical (unpaired) electrons. The van der Waals surface area contributed by atoms with Gasteiger partial charge in [0, 0.05) is 26.2 Å². The first-order valence-electron chi connectivity index (χ1n) is 9.85. The van der Waals surface area contributed by atoms with Gasteiger partial charge in [-0.15, -0.1) is 11.8 Å². The van der Waals surface area contributed by atoms with Crippen LogP contribution in [0.5, 0.6) is 0 Å². The van der Waals surface area contributed by atoms with Crippen molar-refractivity contribution in [1.82, 2.24) is 9.80 Å². The van der Waals surface area contributed by atoms with Gasteiger partial charge in [0.2, 0.25) is 0 Å². The van der Waals surface area contributed by atoms with Gasteiger partial charge >= 0.3 is 0 Å². The van der Waals surface area contributed by atoms with Gasteiger partial charge in [-0.05, 0) is 24.1 Å². The third-order valence-electron chi connectivity index (χ3n) is 5.09. The minimum Gasteiger partial charge on any atom is -0.468 e. The molecule has 0 bridgehead atoms. The van der Waals surface area contributed by atoms with E-state index < -0.39 is 0 Å². The number of furan rings is 1. The van der Waals surface area contributed by atoms with E-state index in [9.17, 15) is 9.59 Å². The summed E-state index contributed by atoms with van der Waals surface area (Å²) in [7, 11) is 0. The van der Waals surface area contributed by atoms with Crippen molar-refractivity contribution in [1.29, 1.82) is 0 Å². The van der Waals surface area contributed by atoms with Crippen molar-refractivity contribution < 1.29 is 18.7 Å². The Labute approximate surface area is 174 Å². The predicted octanol–water partition coefficient (Wildman–Crippen LogP) is 3.02. The zero-order chi connectivity index (χ0) is 20.1. The standard InChI is InChI=1S/C22H24N2O4S/c25-21-19(17-6-2-1-3-7-17)20(29-16-18-8-4-13-28-18)22(26)24(21)10-5-9-23-11-14-27-15-12-23/h1-4,6-8,13H,5,9-12,14-16H2. The lowest BCUT2D eigenvalue weighted by atomic mass is 10.1. The molecule has 2 amide bonds. The molecule has 2 aliphatic rings.